The molecule has 0 radical (unpaired) electrons. The zero-order chi connectivity index (χ0) is 15.5. The van der Waals surface area contributed by atoms with Gasteiger partial charge in [-0.15, -0.1) is 0 Å². The fourth-order valence-electron chi connectivity index (χ4n) is 2.08. The maximum absolute atomic E-state index is 12.2. The highest BCUT2D eigenvalue weighted by Gasteiger charge is 2.08. The number of nitrogens with zero attached hydrogens (tertiary/aromatic N) is 1. The van der Waals surface area contributed by atoms with Crippen molar-refractivity contribution in [1.29, 1.82) is 0 Å². The molecule has 0 saturated heterocycles. The number of benzene rings is 1. The molecule has 0 aliphatic heterocycles. The van der Waals surface area contributed by atoms with Crippen molar-refractivity contribution in [2.24, 2.45) is 5.73 Å². The third-order valence-electron chi connectivity index (χ3n) is 3.33. The van der Waals surface area contributed by atoms with Crippen LogP contribution in [0.5, 0.6) is 0 Å². The summed E-state index contributed by atoms with van der Waals surface area (Å²) in [6.07, 6.45) is 0.948. The monoisotopic (exact) mass is 287 g/mol. The molecule has 0 aliphatic rings. The first-order valence-electron chi connectivity index (χ1n) is 7.51. The molecule has 4 nitrogen and oxygen atoms in total. The molecular weight excluding hydrogens is 262 g/mol. The molecule has 0 aromatic heterocycles. The molecule has 114 valence electrons. The van der Waals surface area contributed by atoms with E-state index in [9.17, 15) is 4.79 Å². The van der Waals surface area contributed by atoms with Gasteiger partial charge in [0.25, 0.3) is 5.91 Å². The standard InChI is InChI=1S/C17H25N3O/c1-3-20(4-2)14-8-13-19-17(21)16-11-6-5-9-15(16)10-7-12-18/h5-6,9,11H,3-4,8,12-14,18H2,1-2H3,(H,19,21). The van der Waals surface area contributed by atoms with Crippen molar-refractivity contribution in [1.82, 2.24) is 10.2 Å². The summed E-state index contributed by atoms with van der Waals surface area (Å²) >= 11 is 0. The third-order valence-corrected chi connectivity index (χ3v) is 3.33. The summed E-state index contributed by atoms with van der Waals surface area (Å²) in [7, 11) is 0. The fourth-order valence-corrected chi connectivity index (χ4v) is 2.08. The highest BCUT2D eigenvalue weighted by atomic mass is 16.1. The molecular formula is C17H25N3O. The van der Waals surface area contributed by atoms with Gasteiger partial charge in [0.15, 0.2) is 0 Å². The van der Waals surface area contributed by atoms with E-state index in [1.165, 1.54) is 0 Å². The van der Waals surface area contributed by atoms with Gasteiger partial charge in [0.05, 0.1) is 12.1 Å². The Balaban J connectivity index is 2.52. The van der Waals surface area contributed by atoms with Crippen LogP contribution in [0.15, 0.2) is 24.3 Å². The molecule has 1 aromatic rings. The normalized spacial score (nSPS) is 10.1. The number of carbonyl (C=O) groups is 1. The smallest absolute Gasteiger partial charge is 0.252 e. The van der Waals surface area contributed by atoms with E-state index in [2.05, 4.69) is 35.9 Å². The Hall–Kier alpha value is -1.83. The van der Waals surface area contributed by atoms with E-state index in [-0.39, 0.29) is 5.91 Å². The lowest BCUT2D eigenvalue weighted by molar-refractivity contribution is 0.0951. The molecule has 1 amide bonds. The lowest BCUT2D eigenvalue weighted by atomic mass is 10.1. The van der Waals surface area contributed by atoms with Crippen LogP contribution in [-0.2, 0) is 0 Å². The minimum absolute atomic E-state index is 0.0727. The zero-order valence-electron chi connectivity index (χ0n) is 13.0. The number of rotatable bonds is 7. The van der Waals surface area contributed by atoms with Crippen LogP contribution in [0.25, 0.3) is 0 Å². The van der Waals surface area contributed by atoms with Gasteiger partial charge < -0.3 is 16.0 Å². The molecule has 0 aliphatic carbocycles. The summed E-state index contributed by atoms with van der Waals surface area (Å²) in [5.74, 6) is 5.65. The first-order valence-corrected chi connectivity index (χ1v) is 7.51. The minimum Gasteiger partial charge on any atom is -0.352 e. The van der Waals surface area contributed by atoms with E-state index in [0.717, 1.165) is 31.6 Å². The van der Waals surface area contributed by atoms with E-state index < -0.39 is 0 Å². The van der Waals surface area contributed by atoms with Crippen LogP contribution in [-0.4, -0.2) is 43.5 Å². The van der Waals surface area contributed by atoms with Crippen LogP contribution in [0.1, 0.15) is 36.2 Å². The fraction of sp³-hybridized carbons (Fsp3) is 0.471. The lowest BCUT2D eigenvalue weighted by Crippen LogP contribution is -2.30. The molecule has 0 unspecified atom stereocenters. The molecule has 1 aromatic carbocycles. The molecule has 0 bridgehead atoms. The highest BCUT2D eigenvalue weighted by Crippen LogP contribution is 2.07. The second-order valence-corrected chi connectivity index (χ2v) is 4.69. The van der Waals surface area contributed by atoms with E-state index in [4.69, 9.17) is 5.73 Å². The molecule has 0 saturated carbocycles. The van der Waals surface area contributed by atoms with E-state index in [1.807, 2.05) is 18.2 Å². The highest BCUT2D eigenvalue weighted by molar-refractivity contribution is 5.96. The number of nitrogens with one attached hydrogen (secondary N) is 1. The van der Waals surface area contributed by atoms with E-state index in [1.54, 1.807) is 6.07 Å². The molecule has 0 heterocycles. The number of carbonyl (C=O) groups excluding carboxylic acids is 1. The van der Waals surface area contributed by atoms with Gasteiger partial charge in [0.1, 0.15) is 0 Å². The Bertz CT molecular complexity index is 498. The second-order valence-electron chi connectivity index (χ2n) is 4.69. The summed E-state index contributed by atoms with van der Waals surface area (Å²) in [4.78, 5) is 14.5. The van der Waals surface area contributed by atoms with Crippen LogP contribution in [0, 0.1) is 11.8 Å². The maximum atomic E-state index is 12.2. The second kappa shape index (κ2) is 9.98. The molecule has 21 heavy (non-hydrogen) atoms. The van der Waals surface area contributed by atoms with Crippen molar-refractivity contribution in [3.8, 4) is 11.8 Å². The molecule has 3 N–H and O–H groups in total. The van der Waals surface area contributed by atoms with Gasteiger partial charge >= 0.3 is 0 Å². The first-order chi connectivity index (χ1) is 10.2. The van der Waals surface area contributed by atoms with Crippen molar-refractivity contribution in [3.05, 3.63) is 35.4 Å². The van der Waals surface area contributed by atoms with Gasteiger partial charge in [-0.3, -0.25) is 4.79 Å². The summed E-state index contributed by atoms with van der Waals surface area (Å²) < 4.78 is 0. The van der Waals surface area contributed by atoms with Gasteiger partial charge in [-0.25, -0.2) is 0 Å². The van der Waals surface area contributed by atoms with Crippen LogP contribution in [0.3, 0.4) is 0 Å². The van der Waals surface area contributed by atoms with Crippen molar-refractivity contribution in [3.63, 3.8) is 0 Å². The Kier molecular flexibility index (Phi) is 8.18. The molecule has 0 atom stereocenters. The Morgan fingerprint density at radius 1 is 1.29 bits per heavy atom. The number of amides is 1. The molecule has 0 spiro atoms. The SMILES string of the molecule is CCN(CC)CCCNC(=O)c1ccccc1C#CCN. The largest absolute Gasteiger partial charge is 0.352 e. The van der Waals surface area contributed by atoms with Crippen LogP contribution < -0.4 is 11.1 Å². The Morgan fingerprint density at radius 2 is 2.00 bits per heavy atom. The summed E-state index contributed by atoms with van der Waals surface area (Å²) in [6.45, 7) is 8.35. The predicted octanol–water partition coefficient (Wildman–Crippen LogP) is 1.46. The average Bonchev–Trinajstić information content (AvgIpc) is 2.53. The number of hydrogen-bond acceptors (Lipinski definition) is 3. The minimum atomic E-state index is -0.0727. The van der Waals surface area contributed by atoms with E-state index >= 15 is 0 Å². The van der Waals surface area contributed by atoms with Crippen LogP contribution in [0.2, 0.25) is 0 Å². The third kappa shape index (κ3) is 5.99. The summed E-state index contributed by atoms with van der Waals surface area (Å²) in [6, 6.07) is 7.35. The first kappa shape index (κ1) is 17.2. The number of hydrogen-bond donors (Lipinski definition) is 2. The molecule has 4 heteroatoms. The van der Waals surface area contributed by atoms with Gasteiger partial charge in [-0.1, -0.05) is 37.8 Å². The molecule has 0 fully saturated rings. The maximum Gasteiger partial charge on any atom is 0.252 e. The van der Waals surface area contributed by atoms with Crippen molar-refractivity contribution in [2.45, 2.75) is 20.3 Å². The quantitative estimate of drug-likeness (QED) is 0.589. The Labute approximate surface area is 127 Å². The Morgan fingerprint density at radius 3 is 2.67 bits per heavy atom. The van der Waals surface area contributed by atoms with Crippen LogP contribution in [0.4, 0.5) is 0 Å². The van der Waals surface area contributed by atoms with Crippen LogP contribution >= 0.6 is 0 Å². The summed E-state index contributed by atoms with van der Waals surface area (Å²) in [5, 5.41) is 2.95. The predicted molar refractivity (Wildman–Crippen MR) is 87.1 cm³/mol. The van der Waals surface area contributed by atoms with Gasteiger partial charge in [0.2, 0.25) is 0 Å². The average molecular weight is 287 g/mol. The molecule has 1 rings (SSSR count). The summed E-state index contributed by atoms with van der Waals surface area (Å²) in [5.41, 5.74) is 6.72. The van der Waals surface area contributed by atoms with Gasteiger partial charge in [-0.05, 0) is 38.2 Å². The number of nitrogens with two attached hydrogens (primary N) is 1. The van der Waals surface area contributed by atoms with E-state index in [0.29, 0.717) is 18.7 Å². The van der Waals surface area contributed by atoms with Gasteiger partial charge in [0, 0.05) is 12.1 Å². The van der Waals surface area contributed by atoms with Gasteiger partial charge in [-0.2, -0.15) is 0 Å². The topological polar surface area (TPSA) is 58.4 Å². The van der Waals surface area contributed by atoms with Crippen molar-refractivity contribution < 1.29 is 4.79 Å². The van der Waals surface area contributed by atoms with Crippen molar-refractivity contribution in [2.75, 3.05) is 32.7 Å². The lowest BCUT2D eigenvalue weighted by Gasteiger charge is -2.17. The zero-order valence-corrected chi connectivity index (χ0v) is 13.0. The van der Waals surface area contributed by atoms with Crippen molar-refractivity contribution >= 4 is 5.91 Å².